The summed E-state index contributed by atoms with van der Waals surface area (Å²) in [6.45, 7) is 7.68. The second-order valence-corrected chi connectivity index (χ2v) is 8.37. The Morgan fingerprint density at radius 3 is 2.87 bits per heavy atom. The van der Waals surface area contributed by atoms with E-state index in [9.17, 15) is 4.79 Å². The summed E-state index contributed by atoms with van der Waals surface area (Å²) < 4.78 is 5.93. The van der Waals surface area contributed by atoms with Crippen LogP contribution >= 0.6 is 11.3 Å². The summed E-state index contributed by atoms with van der Waals surface area (Å²) in [6.07, 6.45) is 1.94. The predicted octanol–water partition coefficient (Wildman–Crippen LogP) is 3.37. The summed E-state index contributed by atoms with van der Waals surface area (Å²) in [5, 5.41) is 8.27. The van der Waals surface area contributed by atoms with E-state index in [2.05, 4.69) is 34.6 Å². The van der Waals surface area contributed by atoms with Crippen molar-refractivity contribution >= 4 is 23.2 Å². The number of guanidine groups is 1. The Hall–Kier alpha value is -2.38. The number of thiophene rings is 1. The number of likely N-dealkylation sites (tertiary alicyclic amines) is 1. The van der Waals surface area contributed by atoms with Gasteiger partial charge < -0.3 is 20.3 Å². The number of carbonyl (C=O) groups excluding carboxylic acids is 1. The minimum Gasteiger partial charge on any atom is -0.376 e. The fourth-order valence-electron chi connectivity index (χ4n) is 3.47. The number of benzene rings is 1. The molecule has 2 aromatic rings. The van der Waals surface area contributed by atoms with Gasteiger partial charge in [-0.3, -0.25) is 9.79 Å². The van der Waals surface area contributed by atoms with Crippen LogP contribution in [0, 0.1) is 5.92 Å². The van der Waals surface area contributed by atoms with Crippen molar-refractivity contribution in [2.24, 2.45) is 10.9 Å². The third-order valence-electron chi connectivity index (χ3n) is 5.01. The highest BCUT2D eigenvalue weighted by atomic mass is 32.1. The Bertz CT molecular complexity index is 780. The average molecular weight is 429 g/mol. The lowest BCUT2D eigenvalue weighted by atomic mass is 10.1. The van der Waals surface area contributed by atoms with Gasteiger partial charge in [0.2, 0.25) is 0 Å². The number of nitrogens with one attached hydrogen (secondary N) is 2. The molecule has 1 fully saturated rings. The molecule has 1 saturated heterocycles. The molecule has 0 bridgehead atoms. The highest BCUT2D eigenvalue weighted by Crippen LogP contribution is 2.17. The smallest absolute Gasteiger partial charge is 0.261 e. The number of rotatable bonds is 10. The fourth-order valence-corrected chi connectivity index (χ4v) is 4.11. The van der Waals surface area contributed by atoms with Crippen LogP contribution in [0.3, 0.4) is 0 Å². The van der Waals surface area contributed by atoms with Crippen molar-refractivity contribution < 1.29 is 9.53 Å². The Labute approximate surface area is 183 Å². The molecule has 1 aliphatic heterocycles. The van der Waals surface area contributed by atoms with Gasteiger partial charge in [-0.1, -0.05) is 36.4 Å². The molecule has 0 saturated carbocycles. The molecule has 1 atom stereocenters. The lowest BCUT2D eigenvalue weighted by molar-refractivity contribution is 0.0906. The molecule has 1 unspecified atom stereocenters. The van der Waals surface area contributed by atoms with Crippen molar-refractivity contribution in [3.05, 3.63) is 58.3 Å². The van der Waals surface area contributed by atoms with E-state index in [4.69, 9.17) is 9.73 Å². The van der Waals surface area contributed by atoms with Gasteiger partial charge >= 0.3 is 0 Å². The molecule has 1 aliphatic rings. The Morgan fingerprint density at radius 2 is 2.10 bits per heavy atom. The Balaban J connectivity index is 1.36. The maximum absolute atomic E-state index is 12.0. The largest absolute Gasteiger partial charge is 0.376 e. The zero-order chi connectivity index (χ0) is 21.0. The molecule has 2 N–H and O–H groups in total. The van der Waals surface area contributed by atoms with Crippen LogP contribution in [-0.2, 0) is 11.3 Å². The van der Waals surface area contributed by atoms with Gasteiger partial charge in [0.15, 0.2) is 5.96 Å². The van der Waals surface area contributed by atoms with E-state index in [1.807, 2.05) is 35.7 Å². The van der Waals surface area contributed by atoms with Crippen molar-refractivity contribution in [1.29, 1.82) is 0 Å². The molecule has 0 radical (unpaired) electrons. The molecule has 1 aromatic carbocycles. The molecular formula is C23H32N4O2S. The van der Waals surface area contributed by atoms with Gasteiger partial charge in [0.25, 0.3) is 5.91 Å². The van der Waals surface area contributed by atoms with Crippen LogP contribution in [0.15, 0.2) is 52.8 Å². The second-order valence-electron chi connectivity index (χ2n) is 7.42. The highest BCUT2D eigenvalue weighted by molar-refractivity contribution is 7.12. The van der Waals surface area contributed by atoms with Crippen molar-refractivity contribution in [3.63, 3.8) is 0 Å². The summed E-state index contributed by atoms with van der Waals surface area (Å²) in [7, 11) is 0. The first kappa shape index (κ1) is 22.3. The van der Waals surface area contributed by atoms with E-state index in [0.29, 0.717) is 25.6 Å². The lowest BCUT2D eigenvalue weighted by Gasteiger charge is -2.21. The van der Waals surface area contributed by atoms with E-state index in [0.717, 1.165) is 49.9 Å². The first-order chi connectivity index (χ1) is 14.8. The number of aliphatic imine (C=N–C) groups is 1. The third kappa shape index (κ3) is 7.15. The molecular weight excluding hydrogens is 396 g/mol. The van der Waals surface area contributed by atoms with Gasteiger partial charge in [-0.15, -0.1) is 11.3 Å². The van der Waals surface area contributed by atoms with Crippen molar-refractivity contribution in [1.82, 2.24) is 15.5 Å². The molecule has 3 rings (SSSR count). The number of amides is 1. The molecule has 30 heavy (non-hydrogen) atoms. The molecule has 0 spiro atoms. The SMILES string of the molecule is CCNC(=NCCCNC(=O)c1cccs1)N1CCC(COCc2ccccc2)C1. The van der Waals surface area contributed by atoms with E-state index in [1.54, 1.807) is 0 Å². The maximum Gasteiger partial charge on any atom is 0.261 e. The van der Waals surface area contributed by atoms with Gasteiger partial charge in [0.05, 0.1) is 18.1 Å². The van der Waals surface area contributed by atoms with E-state index in [1.165, 1.54) is 16.9 Å². The molecule has 0 aliphatic carbocycles. The van der Waals surface area contributed by atoms with Crippen LogP contribution in [0.4, 0.5) is 0 Å². The van der Waals surface area contributed by atoms with Crippen LogP contribution in [0.1, 0.15) is 35.0 Å². The number of ether oxygens (including phenoxy) is 1. The van der Waals surface area contributed by atoms with Crippen molar-refractivity contribution in [2.45, 2.75) is 26.4 Å². The topological polar surface area (TPSA) is 66.0 Å². The van der Waals surface area contributed by atoms with Crippen LogP contribution < -0.4 is 10.6 Å². The normalized spacial score (nSPS) is 16.6. The monoisotopic (exact) mass is 428 g/mol. The average Bonchev–Trinajstić information content (AvgIpc) is 3.46. The fraction of sp³-hybridized carbons (Fsp3) is 0.478. The predicted molar refractivity (Wildman–Crippen MR) is 123 cm³/mol. The number of hydrogen-bond donors (Lipinski definition) is 2. The molecule has 1 aromatic heterocycles. The second kappa shape index (κ2) is 12.3. The molecule has 7 heteroatoms. The zero-order valence-corrected chi connectivity index (χ0v) is 18.5. The minimum atomic E-state index is -0.00114. The summed E-state index contributed by atoms with van der Waals surface area (Å²) >= 11 is 1.46. The lowest BCUT2D eigenvalue weighted by Crippen LogP contribution is -2.40. The van der Waals surface area contributed by atoms with Gasteiger partial charge in [0.1, 0.15) is 0 Å². The molecule has 162 valence electrons. The molecule has 6 nitrogen and oxygen atoms in total. The summed E-state index contributed by atoms with van der Waals surface area (Å²) in [5.74, 6) is 1.49. The van der Waals surface area contributed by atoms with E-state index >= 15 is 0 Å². The van der Waals surface area contributed by atoms with Crippen molar-refractivity contribution in [3.8, 4) is 0 Å². The van der Waals surface area contributed by atoms with Crippen LogP contribution in [0.5, 0.6) is 0 Å². The van der Waals surface area contributed by atoms with Gasteiger partial charge in [0, 0.05) is 38.6 Å². The standard InChI is InChI=1S/C23H32N4O2S/c1-2-24-23(26-13-7-12-25-22(28)21-10-6-15-30-21)27-14-11-20(16-27)18-29-17-19-8-4-3-5-9-19/h3-6,8-10,15,20H,2,7,11-14,16-18H2,1H3,(H,24,26)(H,25,28). The summed E-state index contributed by atoms with van der Waals surface area (Å²) in [4.78, 5) is 19.8. The maximum atomic E-state index is 12.0. The van der Waals surface area contributed by atoms with Gasteiger partial charge in [-0.2, -0.15) is 0 Å². The van der Waals surface area contributed by atoms with Crippen LogP contribution in [-0.4, -0.2) is 56.1 Å². The van der Waals surface area contributed by atoms with Crippen molar-refractivity contribution in [2.75, 3.05) is 39.3 Å². The molecule has 1 amide bonds. The van der Waals surface area contributed by atoms with Gasteiger partial charge in [-0.25, -0.2) is 0 Å². The summed E-state index contributed by atoms with van der Waals surface area (Å²) in [6, 6.07) is 14.0. The first-order valence-electron chi connectivity index (χ1n) is 10.7. The third-order valence-corrected chi connectivity index (χ3v) is 5.88. The summed E-state index contributed by atoms with van der Waals surface area (Å²) in [5.41, 5.74) is 1.22. The Morgan fingerprint density at radius 1 is 1.23 bits per heavy atom. The minimum absolute atomic E-state index is 0.00114. The first-order valence-corrected chi connectivity index (χ1v) is 11.6. The number of hydrogen-bond acceptors (Lipinski definition) is 4. The van der Waals surface area contributed by atoms with Crippen LogP contribution in [0.25, 0.3) is 0 Å². The highest BCUT2D eigenvalue weighted by Gasteiger charge is 2.24. The number of nitrogens with zero attached hydrogens (tertiary/aromatic N) is 2. The van der Waals surface area contributed by atoms with Crippen LogP contribution in [0.2, 0.25) is 0 Å². The number of carbonyl (C=O) groups is 1. The Kier molecular flexibility index (Phi) is 9.18. The van der Waals surface area contributed by atoms with Gasteiger partial charge in [-0.05, 0) is 36.8 Å². The quantitative estimate of drug-likeness (QED) is 0.346. The molecule has 2 heterocycles. The van der Waals surface area contributed by atoms with E-state index in [-0.39, 0.29) is 5.91 Å². The zero-order valence-electron chi connectivity index (χ0n) is 17.7. The van der Waals surface area contributed by atoms with E-state index < -0.39 is 0 Å².